The lowest BCUT2D eigenvalue weighted by molar-refractivity contribution is -0.138. The van der Waals surface area contributed by atoms with E-state index in [0.29, 0.717) is 0 Å². The molecule has 0 heterocycles. The van der Waals surface area contributed by atoms with Crippen LogP contribution in [0.5, 0.6) is 5.75 Å². The van der Waals surface area contributed by atoms with Gasteiger partial charge in [0.05, 0.1) is 6.42 Å². The fourth-order valence-corrected chi connectivity index (χ4v) is 1.62. The van der Waals surface area contributed by atoms with Crippen molar-refractivity contribution in [3.63, 3.8) is 0 Å². The number of hydrogen-bond acceptors (Lipinski definition) is 3. The van der Waals surface area contributed by atoms with E-state index in [-0.39, 0.29) is 17.7 Å². The molecule has 0 saturated heterocycles. The third kappa shape index (κ3) is 5.21. The van der Waals surface area contributed by atoms with Crippen molar-refractivity contribution in [1.82, 2.24) is 5.32 Å². The van der Waals surface area contributed by atoms with Crippen molar-refractivity contribution in [2.45, 2.75) is 32.4 Å². The Bertz CT molecular complexity index is 503. The lowest BCUT2D eigenvalue weighted by Crippen LogP contribution is -2.44. The van der Waals surface area contributed by atoms with Crippen LogP contribution in [0.25, 0.3) is 0 Å². The summed E-state index contributed by atoms with van der Waals surface area (Å²) in [5.41, 5.74) is -0.843. The van der Waals surface area contributed by atoms with Gasteiger partial charge in [-0.2, -0.15) is 8.78 Å². The highest BCUT2D eigenvalue weighted by atomic mass is 19.3. The minimum Gasteiger partial charge on any atom is -0.481 e. The second-order valence-corrected chi connectivity index (χ2v) is 4.81. The molecule has 0 aliphatic heterocycles. The molecule has 1 amide bonds. The molecule has 0 bridgehead atoms. The quantitative estimate of drug-likeness (QED) is 0.841. The first-order valence-electron chi connectivity index (χ1n) is 5.79. The number of benzene rings is 1. The van der Waals surface area contributed by atoms with Crippen LogP contribution < -0.4 is 10.1 Å². The Morgan fingerprint density at radius 1 is 1.40 bits per heavy atom. The van der Waals surface area contributed by atoms with E-state index in [2.05, 4.69) is 10.1 Å². The number of ether oxygens (including phenoxy) is 1. The number of carbonyl (C=O) groups excluding carboxylic acids is 1. The molecule has 0 aliphatic carbocycles. The minimum absolute atomic E-state index is 0.113. The van der Waals surface area contributed by atoms with Crippen molar-refractivity contribution in [3.8, 4) is 5.75 Å². The Morgan fingerprint density at radius 3 is 2.60 bits per heavy atom. The van der Waals surface area contributed by atoms with Crippen molar-refractivity contribution in [3.05, 3.63) is 29.8 Å². The van der Waals surface area contributed by atoms with Gasteiger partial charge in [-0.3, -0.25) is 9.59 Å². The van der Waals surface area contributed by atoms with E-state index in [0.717, 1.165) is 0 Å². The van der Waals surface area contributed by atoms with E-state index in [1.165, 1.54) is 24.3 Å². The largest absolute Gasteiger partial charge is 0.481 e. The molecular formula is C13H15F2NO4. The van der Waals surface area contributed by atoms with E-state index >= 15 is 0 Å². The fraction of sp³-hybridized carbons (Fsp3) is 0.385. The van der Waals surface area contributed by atoms with Crippen LogP contribution in [0.2, 0.25) is 0 Å². The molecule has 0 spiro atoms. The normalized spacial score (nSPS) is 11.2. The number of hydrogen-bond donors (Lipinski definition) is 2. The molecule has 5 nitrogen and oxygen atoms in total. The van der Waals surface area contributed by atoms with Crippen molar-refractivity contribution >= 4 is 11.9 Å². The minimum atomic E-state index is -2.98. The van der Waals surface area contributed by atoms with Crippen LogP contribution in [0, 0.1) is 0 Å². The Kier molecular flexibility index (Phi) is 5.01. The predicted molar refractivity (Wildman–Crippen MR) is 66.9 cm³/mol. The summed E-state index contributed by atoms with van der Waals surface area (Å²) in [5.74, 6) is -1.75. The van der Waals surface area contributed by atoms with Crippen LogP contribution in [0.15, 0.2) is 24.3 Å². The Labute approximate surface area is 114 Å². The van der Waals surface area contributed by atoms with Gasteiger partial charge in [-0.1, -0.05) is 6.07 Å². The van der Waals surface area contributed by atoms with E-state index in [1.54, 1.807) is 13.8 Å². The first-order valence-corrected chi connectivity index (χ1v) is 5.79. The molecule has 20 heavy (non-hydrogen) atoms. The summed E-state index contributed by atoms with van der Waals surface area (Å²) >= 11 is 0. The zero-order valence-electron chi connectivity index (χ0n) is 11.0. The number of aliphatic carboxylic acids is 1. The number of halogens is 2. The van der Waals surface area contributed by atoms with Crippen LogP contribution >= 0.6 is 0 Å². The SMILES string of the molecule is CC(C)(CC(=O)O)NC(=O)c1cccc(OC(F)F)c1. The highest BCUT2D eigenvalue weighted by Crippen LogP contribution is 2.17. The van der Waals surface area contributed by atoms with Gasteiger partial charge >= 0.3 is 12.6 Å². The van der Waals surface area contributed by atoms with Crippen LogP contribution in [0.3, 0.4) is 0 Å². The number of nitrogens with one attached hydrogen (secondary N) is 1. The van der Waals surface area contributed by atoms with Gasteiger partial charge < -0.3 is 15.2 Å². The molecule has 0 saturated carbocycles. The highest BCUT2D eigenvalue weighted by molar-refractivity contribution is 5.95. The summed E-state index contributed by atoms with van der Waals surface area (Å²) in [4.78, 5) is 22.6. The van der Waals surface area contributed by atoms with Crippen molar-refractivity contribution in [2.24, 2.45) is 0 Å². The maximum absolute atomic E-state index is 12.1. The van der Waals surface area contributed by atoms with E-state index in [4.69, 9.17) is 5.11 Å². The Morgan fingerprint density at radius 2 is 2.05 bits per heavy atom. The van der Waals surface area contributed by atoms with Crippen molar-refractivity contribution in [1.29, 1.82) is 0 Å². The third-order valence-electron chi connectivity index (χ3n) is 2.37. The van der Waals surface area contributed by atoms with Crippen molar-refractivity contribution in [2.75, 3.05) is 0 Å². The molecule has 110 valence electrons. The standard InChI is InChI=1S/C13H15F2NO4/c1-13(2,7-10(17)18)16-11(19)8-4-3-5-9(6-8)20-12(14)15/h3-6,12H,7H2,1-2H3,(H,16,19)(H,17,18). The summed E-state index contributed by atoms with van der Waals surface area (Å²) in [7, 11) is 0. The maximum Gasteiger partial charge on any atom is 0.387 e. The van der Waals surface area contributed by atoms with Crippen LogP contribution in [0.1, 0.15) is 30.6 Å². The van der Waals surface area contributed by atoms with Gasteiger partial charge in [-0.15, -0.1) is 0 Å². The zero-order chi connectivity index (χ0) is 15.3. The van der Waals surface area contributed by atoms with E-state index in [1.807, 2.05) is 0 Å². The van der Waals surface area contributed by atoms with Gasteiger partial charge in [0, 0.05) is 11.1 Å². The molecule has 2 N–H and O–H groups in total. The molecule has 0 fully saturated rings. The first kappa shape index (κ1) is 15.9. The number of rotatable bonds is 6. The van der Waals surface area contributed by atoms with Gasteiger partial charge in [0.1, 0.15) is 5.75 Å². The average molecular weight is 287 g/mol. The van der Waals surface area contributed by atoms with Gasteiger partial charge in [-0.25, -0.2) is 0 Å². The summed E-state index contributed by atoms with van der Waals surface area (Å²) < 4.78 is 28.4. The molecule has 1 aromatic rings. The van der Waals surface area contributed by atoms with Gasteiger partial charge in [0.25, 0.3) is 5.91 Å². The molecule has 7 heteroatoms. The monoisotopic (exact) mass is 287 g/mol. The van der Waals surface area contributed by atoms with Gasteiger partial charge in [-0.05, 0) is 32.0 Å². The first-order chi connectivity index (χ1) is 9.19. The van der Waals surface area contributed by atoms with Crippen LogP contribution in [-0.2, 0) is 4.79 Å². The second kappa shape index (κ2) is 6.31. The molecule has 1 aromatic carbocycles. The summed E-state index contributed by atoms with van der Waals surface area (Å²) in [6.07, 6.45) is -0.258. The molecule has 1 rings (SSSR count). The Balaban J connectivity index is 2.79. The number of carboxylic acid groups (broad SMARTS) is 1. The lowest BCUT2D eigenvalue weighted by atomic mass is 10.00. The zero-order valence-corrected chi connectivity index (χ0v) is 11.0. The van der Waals surface area contributed by atoms with Gasteiger partial charge in [0.15, 0.2) is 0 Å². The summed E-state index contributed by atoms with van der Waals surface area (Å²) in [6.45, 7) is 0.133. The second-order valence-electron chi connectivity index (χ2n) is 4.81. The van der Waals surface area contributed by atoms with E-state index < -0.39 is 24.0 Å². The number of alkyl halides is 2. The number of amides is 1. The molecule has 0 aromatic heterocycles. The third-order valence-corrected chi connectivity index (χ3v) is 2.37. The van der Waals surface area contributed by atoms with Gasteiger partial charge in [0.2, 0.25) is 0 Å². The molecule has 0 atom stereocenters. The average Bonchev–Trinajstić information content (AvgIpc) is 2.25. The predicted octanol–water partition coefficient (Wildman–Crippen LogP) is 2.27. The lowest BCUT2D eigenvalue weighted by Gasteiger charge is -2.24. The molecule has 0 unspecified atom stereocenters. The topological polar surface area (TPSA) is 75.6 Å². The molecular weight excluding hydrogens is 272 g/mol. The molecule has 0 aliphatic rings. The smallest absolute Gasteiger partial charge is 0.387 e. The van der Waals surface area contributed by atoms with Crippen LogP contribution in [-0.4, -0.2) is 29.1 Å². The molecule has 0 radical (unpaired) electrons. The highest BCUT2D eigenvalue weighted by Gasteiger charge is 2.24. The van der Waals surface area contributed by atoms with Crippen molar-refractivity contribution < 1.29 is 28.2 Å². The van der Waals surface area contributed by atoms with Crippen LogP contribution in [0.4, 0.5) is 8.78 Å². The van der Waals surface area contributed by atoms with E-state index in [9.17, 15) is 18.4 Å². The number of carbonyl (C=O) groups is 2. The summed E-state index contributed by atoms with van der Waals surface area (Å²) in [5, 5.41) is 11.2. The fourth-order valence-electron chi connectivity index (χ4n) is 1.62. The maximum atomic E-state index is 12.1. The Hall–Kier alpha value is -2.18. The summed E-state index contributed by atoms with van der Waals surface area (Å²) in [6, 6.07) is 5.28. The number of carboxylic acids is 1.